The van der Waals surface area contributed by atoms with Gasteiger partial charge in [0.15, 0.2) is 0 Å². The molecule has 2 aromatic carbocycles. The van der Waals surface area contributed by atoms with Crippen LogP contribution in [0, 0.1) is 0 Å². The van der Waals surface area contributed by atoms with Crippen LogP contribution in [0.5, 0.6) is 5.75 Å². The first-order valence-electron chi connectivity index (χ1n) is 6.45. The molecule has 0 atom stereocenters. The lowest BCUT2D eigenvalue weighted by Gasteiger charge is -2.10. The van der Waals surface area contributed by atoms with Crippen molar-refractivity contribution in [3.8, 4) is 5.75 Å². The zero-order chi connectivity index (χ0) is 15.2. The monoisotopic (exact) mass is 305 g/mol. The Morgan fingerprint density at radius 1 is 1.19 bits per heavy atom. The largest absolute Gasteiger partial charge is 0.497 e. The Hall–Kier alpha value is -2.20. The van der Waals surface area contributed by atoms with Crippen molar-refractivity contribution < 1.29 is 14.6 Å². The highest BCUT2D eigenvalue weighted by Crippen LogP contribution is 2.27. The second kappa shape index (κ2) is 6.99. The van der Waals surface area contributed by atoms with Crippen molar-refractivity contribution in [1.82, 2.24) is 0 Å². The number of halogens is 1. The minimum atomic E-state index is -0.830. The summed E-state index contributed by atoms with van der Waals surface area (Å²) < 4.78 is 5.16. The van der Waals surface area contributed by atoms with Crippen molar-refractivity contribution in [2.45, 2.75) is 13.0 Å². The highest BCUT2D eigenvalue weighted by molar-refractivity contribution is 6.33. The number of anilines is 1. The molecule has 0 heterocycles. The summed E-state index contributed by atoms with van der Waals surface area (Å²) in [4.78, 5) is 10.6. The molecule has 0 spiro atoms. The lowest BCUT2D eigenvalue weighted by molar-refractivity contribution is -0.136. The Balaban J connectivity index is 2.01. The van der Waals surface area contributed by atoms with E-state index >= 15 is 0 Å². The van der Waals surface area contributed by atoms with Gasteiger partial charge in [0, 0.05) is 12.6 Å². The Bertz CT molecular complexity index is 626. The van der Waals surface area contributed by atoms with E-state index in [1.807, 2.05) is 30.3 Å². The average molecular weight is 306 g/mol. The number of carboxylic acids is 1. The molecular formula is C16H16ClNO3. The maximum Gasteiger partial charge on any atom is 0.307 e. The minimum absolute atomic E-state index is 0.0371. The molecule has 2 rings (SSSR count). The molecule has 0 aromatic heterocycles. The van der Waals surface area contributed by atoms with E-state index in [1.54, 1.807) is 19.2 Å². The van der Waals surface area contributed by atoms with Crippen molar-refractivity contribution in [3.05, 3.63) is 58.6 Å². The fourth-order valence-electron chi connectivity index (χ4n) is 1.91. The number of nitrogens with one attached hydrogen (secondary N) is 1. The van der Waals surface area contributed by atoms with Crippen molar-refractivity contribution in [3.63, 3.8) is 0 Å². The van der Waals surface area contributed by atoms with E-state index in [4.69, 9.17) is 21.4 Å². The lowest BCUT2D eigenvalue weighted by Crippen LogP contribution is -2.02. The van der Waals surface area contributed by atoms with Gasteiger partial charge in [0.05, 0.1) is 24.2 Å². The molecule has 110 valence electrons. The van der Waals surface area contributed by atoms with E-state index in [0.717, 1.165) is 22.6 Å². The third kappa shape index (κ3) is 4.39. The number of carboxylic acid groups (broad SMARTS) is 1. The van der Waals surface area contributed by atoms with Crippen LogP contribution in [0.3, 0.4) is 0 Å². The van der Waals surface area contributed by atoms with Gasteiger partial charge in [-0.3, -0.25) is 4.79 Å². The molecule has 2 N–H and O–H groups in total. The predicted molar refractivity (Wildman–Crippen MR) is 83.1 cm³/mol. The van der Waals surface area contributed by atoms with Gasteiger partial charge in [-0.15, -0.1) is 0 Å². The van der Waals surface area contributed by atoms with Crippen LogP contribution in [0.15, 0.2) is 42.5 Å². The van der Waals surface area contributed by atoms with Crippen LogP contribution >= 0.6 is 11.6 Å². The first kappa shape index (κ1) is 15.2. The molecule has 0 fully saturated rings. The van der Waals surface area contributed by atoms with Crippen LogP contribution in [-0.2, 0) is 17.8 Å². The summed E-state index contributed by atoms with van der Waals surface area (Å²) in [6.07, 6.45) is 0.0371. The normalized spacial score (nSPS) is 10.2. The molecule has 0 unspecified atom stereocenters. The van der Waals surface area contributed by atoms with Crippen LogP contribution in [0.2, 0.25) is 5.02 Å². The number of benzene rings is 2. The van der Waals surface area contributed by atoms with Crippen molar-refractivity contribution >= 4 is 23.3 Å². The van der Waals surface area contributed by atoms with Crippen LogP contribution in [0.4, 0.5) is 5.69 Å². The first-order chi connectivity index (χ1) is 10.1. The topological polar surface area (TPSA) is 58.6 Å². The molecule has 0 bridgehead atoms. The molecule has 0 radical (unpaired) electrons. The number of hydrogen-bond donors (Lipinski definition) is 2. The Labute approximate surface area is 128 Å². The molecule has 5 heteroatoms. The zero-order valence-corrected chi connectivity index (χ0v) is 12.4. The van der Waals surface area contributed by atoms with Crippen LogP contribution < -0.4 is 10.1 Å². The van der Waals surface area contributed by atoms with Crippen molar-refractivity contribution in [1.29, 1.82) is 0 Å². The average Bonchev–Trinajstić information content (AvgIpc) is 2.47. The second-order valence-corrected chi connectivity index (χ2v) is 4.99. The van der Waals surface area contributed by atoms with E-state index in [2.05, 4.69) is 5.32 Å². The van der Waals surface area contributed by atoms with E-state index in [-0.39, 0.29) is 6.42 Å². The molecule has 0 aliphatic carbocycles. The van der Waals surface area contributed by atoms with E-state index in [0.29, 0.717) is 11.6 Å². The predicted octanol–water partition coefficient (Wildman–Crippen LogP) is 3.59. The van der Waals surface area contributed by atoms with Gasteiger partial charge < -0.3 is 15.2 Å². The fourth-order valence-corrected chi connectivity index (χ4v) is 2.10. The first-order valence-corrected chi connectivity index (χ1v) is 6.83. The highest BCUT2D eigenvalue weighted by atomic mass is 35.5. The summed E-state index contributed by atoms with van der Waals surface area (Å²) in [5.74, 6) is -0.0947. The standard InChI is InChI=1S/C16H16ClNO3/c1-21-13-6-7-14(17)15(9-13)18-10-12-4-2-11(3-5-12)8-16(19)20/h2-7,9,18H,8,10H2,1H3,(H,19,20). The van der Waals surface area contributed by atoms with Gasteiger partial charge in [-0.05, 0) is 23.3 Å². The number of hydrogen-bond acceptors (Lipinski definition) is 3. The van der Waals surface area contributed by atoms with Gasteiger partial charge in [-0.25, -0.2) is 0 Å². The number of rotatable bonds is 6. The van der Waals surface area contributed by atoms with Gasteiger partial charge in [-0.1, -0.05) is 35.9 Å². The van der Waals surface area contributed by atoms with Gasteiger partial charge >= 0.3 is 5.97 Å². The maximum absolute atomic E-state index is 10.6. The van der Waals surface area contributed by atoms with Gasteiger partial charge in [0.25, 0.3) is 0 Å². The molecule has 0 saturated heterocycles. The fraction of sp³-hybridized carbons (Fsp3) is 0.188. The second-order valence-electron chi connectivity index (χ2n) is 4.59. The van der Waals surface area contributed by atoms with Gasteiger partial charge in [0.2, 0.25) is 0 Å². The van der Waals surface area contributed by atoms with Crippen LogP contribution in [0.1, 0.15) is 11.1 Å². The third-order valence-electron chi connectivity index (χ3n) is 3.03. The molecule has 0 aliphatic heterocycles. The summed E-state index contributed by atoms with van der Waals surface area (Å²) in [7, 11) is 1.61. The highest BCUT2D eigenvalue weighted by Gasteiger charge is 2.03. The van der Waals surface area contributed by atoms with Crippen molar-refractivity contribution in [2.24, 2.45) is 0 Å². The molecule has 0 amide bonds. The number of methoxy groups -OCH3 is 1. The molecule has 4 nitrogen and oxygen atoms in total. The molecule has 21 heavy (non-hydrogen) atoms. The minimum Gasteiger partial charge on any atom is -0.497 e. The zero-order valence-electron chi connectivity index (χ0n) is 11.6. The quantitative estimate of drug-likeness (QED) is 0.856. The summed E-state index contributed by atoms with van der Waals surface area (Å²) in [6, 6.07) is 12.9. The van der Waals surface area contributed by atoms with Gasteiger partial charge in [-0.2, -0.15) is 0 Å². The smallest absolute Gasteiger partial charge is 0.307 e. The van der Waals surface area contributed by atoms with E-state index < -0.39 is 5.97 Å². The Morgan fingerprint density at radius 3 is 2.48 bits per heavy atom. The number of aliphatic carboxylic acids is 1. The van der Waals surface area contributed by atoms with E-state index in [1.165, 1.54) is 0 Å². The summed E-state index contributed by atoms with van der Waals surface area (Å²) >= 11 is 6.12. The summed E-state index contributed by atoms with van der Waals surface area (Å²) in [5.41, 5.74) is 2.62. The van der Waals surface area contributed by atoms with Crippen LogP contribution in [-0.4, -0.2) is 18.2 Å². The maximum atomic E-state index is 10.6. The summed E-state index contributed by atoms with van der Waals surface area (Å²) in [6.45, 7) is 0.597. The third-order valence-corrected chi connectivity index (χ3v) is 3.36. The van der Waals surface area contributed by atoms with Crippen molar-refractivity contribution in [2.75, 3.05) is 12.4 Å². The number of carbonyl (C=O) groups is 1. The molecule has 0 aliphatic rings. The summed E-state index contributed by atoms with van der Waals surface area (Å²) in [5, 5.41) is 12.6. The SMILES string of the molecule is COc1ccc(Cl)c(NCc2ccc(CC(=O)O)cc2)c1. The van der Waals surface area contributed by atoms with Crippen LogP contribution in [0.25, 0.3) is 0 Å². The Morgan fingerprint density at radius 2 is 1.86 bits per heavy atom. The molecule has 2 aromatic rings. The lowest BCUT2D eigenvalue weighted by atomic mass is 10.1. The molecule has 0 saturated carbocycles. The van der Waals surface area contributed by atoms with E-state index in [9.17, 15) is 4.79 Å². The Kier molecular flexibility index (Phi) is 5.06. The molecular weight excluding hydrogens is 290 g/mol. The van der Waals surface area contributed by atoms with Gasteiger partial charge in [0.1, 0.15) is 5.75 Å². The number of ether oxygens (including phenoxy) is 1.